The number of hydrogen-bond acceptors (Lipinski definition) is 7. The zero-order valence-corrected chi connectivity index (χ0v) is 22.6. The van der Waals surface area contributed by atoms with Gasteiger partial charge in [-0.15, -0.1) is 0 Å². The van der Waals surface area contributed by atoms with Crippen molar-refractivity contribution in [3.8, 4) is 0 Å². The molecule has 6 atom stereocenters. The molecule has 3 aromatic carbocycles. The summed E-state index contributed by atoms with van der Waals surface area (Å²) in [5, 5.41) is 0. The minimum Gasteiger partial charge on any atom is -0.346 e. The second-order valence-electron chi connectivity index (χ2n) is 8.75. The molecule has 2 heterocycles. The van der Waals surface area contributed by atoms with Crippen LogP contribution in [0.4, 0.5) is 0 Å². The molecule has 2 saturated heterocycles. The Morgan fingerprint density at radius 2 is 1.47 bits per heavy atom. The molecule has 5 rings (SSSR count). The molecule has 0 spiro atoms. The highest BCUT2D eigenvalue weighted by molar-refractivity contribution is 14.1. The Labute approximate surface area is 224 Å². The first-order valence-corrected chi connectivity index (χ1v) is 14.6. The molecule has 36 heavy (non-hydrogen) atoms. The van der Waals surface area contributed by atoms with E-state index in [1.165, 1.54) is 0 Å². The Balaban J connectivity index is 1.44. The van der Waals surface area contributed by atoms with Gasteiger partial charge < -0.3 is 18.9 Å². The van der Waals surface area contributed by atoms with Crippen molar-refractivity contribution in [1.82, 2.24) is 0 Å². The van der Waals surface area contributed by atoms with Gasteiger partial charge in [0, 0.05) is 15.6 Å². The van der Waals surface area contributed by atoms with E-state index in [0.29, 0.717) is 4.43 Å². The fourth-order valence-electron chi connectivity index (χ4n) is 4.31. The van der Waals surface area contributed by atoms with Gasteiger partial charge in [0.25, 0.3) is 10.1 Å². The van der Waals surface area contributed by atoms with Crippen molar-refractivity contribution in [3.63, 3.8) is 0 Å². The van der Waals surface area contributed by atoms with Gasteiger partial charge in [-0.05, 0) is 19.1 Å². The Kier molecular flexibility index (Phi) is 8.06. The van der Waals surface area contributed by atoms with Gasteiger partial charge in [0.15, 0.2) is 12.6 Å². The number of hydrogen-bond donors (Lipinski definition) is 0. The topological polar surface area (TPSA) is 80.3 Å². The predicted octanol–water partition coefficient (Wildman–Crippen LogP) is 5.10. The lowest BCUT2D eigenvalue weighted by Crippen LogP contribution is -2.58. The Morgan fingerprint density at radius 3 is 2.08 bits per heavy atom. The fraction of sp³-hybridized carbons (Fsp3) is 0.333. The van der Waals surface area contributed by atoms with Gasteiger partial charge in [-0.2, -0.15) is 8.42 Å². The second-order valence-corrected chi connectivity index (χ2v) is 11.2. The van der Waals surface area contributed by atoms with E-state index < -0.39 is 47.1 Å². The standard InChI is InChI=1S/C27H27IO7S/c1-18-12-14-21(15-13-18)36(29,30)35-22(16-28)24-25-23(32-27(34-24)20-10-6-3-7-11-20)17-31-26(33-25)19-8-4-2-5-9-19/h2-15,22-27H,16-17H2,1H3/t22-,23+,24-,25-,26?,27?/m1/s1. The number of halogens is 1. The van der Waals surface area contributed by atoms with Crippen LogP contribution in [0.5, 0.6) is 0 Å². The third-order valence-electron chi connectivity index (χ3n) is 6.18. The number of fused-ring (bicyclic) bond motifs is 1. The molecule has 0 radical (unpaired) electrons. The lowest BCUT2D eigenvalue weighted by Gasteiger charge is -2.47. The molecular weight excluding hydrogens is 595 g/mol. The Hall–Kier alpha value is -1.86. The molecule has 2 aliphatic heterocycles. The highest BCUT2D eigenvalue weighted by Gasteiger charge is 2.49. The first-order valence-electron chi connectivity index (χ1n) is 11.7. The molecular formula is C27H27IO7S. The molecule has 0 amide bonds. The van der Waals surface area contributed by atoms with Crippen LogP contribution >= 0.6 is 22.6 Å². The zero-order chi connectivity index (χ0) is 25.1. The summed E-state index contributed by atoms with van der Waals surface area (Å²) in [6.45, 7) is 2.17. The van der Waals surface area contributed by atoms with Crippen LogP contribution in [0.3, 0.4) is 0 Å². The zero-order valence-electron chi connectivity index (χ0n) is 19.6. The van der Waals surface area contributed by atoms with Gasteiger partial charge in [0.2, 0.25) is 0 Å². The van der Waals surface area contributed by atoms with Crippen molar-refractivity contribution in [2.75, 3.05) is 11.0 Å². The SMILES string of the molecule is Cc1ccc(S(=O)(=O)O[C@H](CI)[C@H]2OC(c3ccccc3)O[C@H]3COC(c4ccccc4)O[C@@H]23)cc1. The van der Waals surface area contributed by atoms with Gasteiger partial charge in [0.05, 0.1) is 11.5 Å². The summed E-state index contributed by atoms with van der Waals surface area (Å²) in [6.07, 6.45) is -3.94. The molecule has 3 aromatic rings. The Morgan fingerprint density at radius 1 is 0.861 bits per heavy atom. The molecule has 190 valence electrons. The van der Waals surface area contributed by atoms with Crippen molar-refractivity contribution >= 4 is 32.7 Å². The average Bonchev–Trinajstić information content (AvgIpc) is 2.92. The first-order chi connectivity index (χ1) is 17.4. The summed E-state index contributed by atoms with van der Waals surface area (Å²) < 4.78 is 57.5. The Bertz CT molecular complexity index is 1240. The van der Waals surface area contributed by atoms with Gasteiger partial charge >= 0.3 is 0 Å². The molecule has 0 saturated carbocycles. The van der Waals surface area contributed by atoms with E-state index in [2.05, 4.69) is 22.6 Å². The smallest absolute Gasteiger partial charge is 0.297 e. The van der Waals surface area contributed by atoms with Crippen LogP contribution in [-0.2, 0) is 33.2 Å². The third kappa shape index (κ3) is 5.67. The number of ether oxygens (including phenoxy) is 4. The van der Waals surface area contributed by atoms with Crippen molar-refractivity contribution in [2.24, 2.45) is 0 Å². The molecule has 0 aliphatic carbocycles. The predicted molar refractivity (Wildman–Crippen MR) is 141 cm³/mol. The summed E-state index contributed by atoms with van der Waals surface area (Å²) in [4.78, 5) is 0.0984. The van der Waals surface area contributed by atoms with Crippen molar-refractivity contribution in [2.45, 2.75) is 48.8 Å². The maximum Gasteiger partial charge on any atom is 0.297 e. The summed E-state index contributed by atoms with van der Waals surface area (Å²) in [6, 6.07) is 25.7. The largest absolute Gasteiger partial charge is 0.346 e. The second kappa shape index (κ2) is 11.3. The van der Waals surface area contributed by atoms with Crippen LogP contribution in [-0.4, -0.2) is 43.9 Å². The van der Waals surface area contributed by atoms with Crippen LogP contribution in [0.1, 0.15) is 29.3 Å². The van der Waals surface area contributed by atoms with E-state index in [1.807, 2.05) is 67.6 Å². The van der Waals surface area contributed by atoms with Crippen LogP contribution in [0.2, 0.25) is 0 Å². The molecule has 2 unspecified atom stereocenters. The van der Waals surface area contributed by atoms with E-state index in [-0.39, 0.29) is 11.5 Å². The van der Waals surface area contributed by atoms with E-state index in [1.54, 1.807) is 24.3 Å². The first kappa shape index (κ1) is 25.8. The third-order valence-corrected chi connectivity index (χ3v) is 8.40. The maximum absolute atomic E-state index is 13.2. The number of benzene rings is 3. The summed E-state index contributed by atoms with van der Waals surface area (Å²) in [7, 11) is -4.04. The van der Waals surface area contributed by atoms with Gasteiger partial charge in [-0.25, -0.2) is 0 Å². The monoisotopic (exact) mass is 622 g/mol. The van der Waals surface area contributed by atoms with E-state index in [4.69, 9.17) is 23.1 Å². The van der Waals surface area contributed by atoms with Crippen LogP contribution in [0.25, 0.3) is 0 Å². The normalized spacial score (nSPS) is 27.2. The molecule has 2 aliphatic rings. The van der Waals surface area contributed by atoms with Crippen molar-refractivity contribution < 1.29 is 31.5 Å². The molecule has 2 fully saturated rings. The van der Waals surface area contributed by atoms with Crippen LogP contribution in [0.15, 0.2) is 89.8 Å². The molecule has 0 bridgehead atoms. The van der Waals surface area contributed by atoms with E-state index in [0.717, 1.165) is 16.7 Å². The summed E-state index contributed by atoms with van der Waals surface area (Å²) in [5.74, 6) is 0. The lowest BCUT2D eigenvalue weighted by molar-refractivity contribution is -0.370. The van der Waals surface area contributed by atoms with Crippen LogP contribution in [0, 0.1) is 6.92 Å². The van der Waals surface area contributed by atoms with E-state index >= 15 is 0 Å². The lowest BCUT2D eigenvalue weighted by atomic mass is 10.00. The van der Waals surface area contributed by atoms with Crippen LogP contribution < -0.4 is 0 Å². The fourth-order valence-corrected chi connectivity index (χ4v) is 6.31. The van der Waals surface area contributed by atoms with Crippen molar-refractivity contribution in [3.05, 3.63) is 102 Å². The maximum atomic E-state index is 13.2. The number of aryl methyl sites for hydroxylation is 1. The summed E-state index contributed by atoms with van der Waals surface area (Å²) >= 11 is 2.12. The molecule has 0 aromatic heterocycles. The van der Waals surface area contributed by atoms with Gasteiger partial charge in [-0.1, -0.05) is 101 Å². The summed E-state index contributed by atoms with van der Waals surface area (Å²) in [5.41, 5.74) is 2.64. The quantitative estimate of drug-likeness (QED) is 0.206. The minimum atomic E-state index is -4.04. The molecule has 9 heteroatoms. The van der Waals surface area contributed by atoms with Crippen molar-refractivity contribution in [1.29, 1.82) is 0 Å². The highest BCUT2D eigenvalue weighted by atomic mass is 127. The highest BCUT2D eigenvalue weighted by Crippen LogP contribution is 2.40. The number of alkyl halides is 1. The molecule has 0 N–H and O–H groups in total. The average molecular weight is 622 g/mol. The van der Waals surface area contributed by atoms with Gasteiger partial charge in [-0.3, -0.25) is 4.18 Å². The molecule has 7 nitrogen and oxygen atoms in total. The number of rotatable bonds is 7. The van der Waals surface area contributed by atoms with E-state index in [9.17, 15) is 8.42 Å². The van der Waals surface area contributed by atoms with Gasteiger partial charge in [0.1, 0.15) is 24.4 Å². The minimum absolute atomic E-state index is 0.0984.